The Morgan fingerprint density at radius 3 is 1.89 bits per heavy atom. The lowest BCUT2D eigenvalue weighted by Crippen LogP contribution is -2.46. The van der Waals surface area contributed by atoms with Crippen molar-refractivity contribution in [3.8, 4) is 0 Å². The molecule has 0 aromatic rings. The fraction of sp³-hybridized carbons (Fsp3) is 1.00. The van der Waals surface area contributed by atoms with Crippen molar-refractivity contribution in [1.82, 2.24) is 4.90 Å². The van der Waals surface area contributed by atoms with Crippen LogP contribution in [0, 0.1) is 10.8 Å². The van der Waals surface area contributed by atoms with Crippen LogP contribution in [0.25, 0.3) is 0 Å². The molecule has 0 N–H and O–H groups in total. The molecule has 0 atom stereocenters. The molecule has 2 aliphatic rings. The van der Waals surface area contributed by atoms with Gasteiger partial charge in [0.25, 0.3) is 0 Å². The van der Waals surface area contributed by atoms with E-state index in [-0.39, 0.29) is 0 Å². The maximum absolute atomic E-state index is 4.69. The first kappa shape index (κ1) is 15.7. The van der Waals surface area contributed by atoms with Gasteiger partial charge in [-0.2, -0.15) is 12.6 Å². The highest BCUT2D eigenvalue weighted by atomic mass is 32.1. The van der Waals surface area contributed by atoms with Crippen LogP contribution in [0.3, 0.4) is 0 Å². The van der Waals surface area contributed by atoms with E-state index in [1.54, 1.807) is 0 Å². The van der Waals surface area contributed by atoms with E-state index in [4.69, 9.17) is 12.6 Å². The first-order valence-electron chi connectivity index (χ1n) is 8.51. The monoisotopic (exact) mass is 283 g/mol. The van der Waals surface area contributed by atoms with Crippen molar-refractivity contribution >= 4 is 12.6 Å². The van der Waals surface area contributed by atoms with E-state index in [9.17, 15) is 0 Å². The number of likely N-dealkylation sites (tertiary alicyclic amines) is 1. The zero-order valence-electron chi connectivity index (χ0n) is 13.1. The molecule has 2 fully saturated rings. The van der Waals surface area contributed by atoms with Gasteiger partial charge in [0.2, 0.25) is 0 Å². The van der Waals surface area contributed by atoms with Crippen LogP contribution in [0.2, 0.25) is 0 Å². The summed E-state index contributed by atoms with van der Waals surface area (Å²) >= 11 is 4.69. The van der Waals surface area contributed by atoms with E-state index in [1.165, 1.54) is 77.4 Å². The number of hydrogen-bond acceptors (Lipinski definition) is 2. The first-order valence-corrected chi connectivity index (χ1v) is 9.14. The summed E-state index contributed by atoms with van der Waals surface area (Å²) in [6.45, 7) is 8.75. The second kappa shape index (κ2) is 6.85. The van der Waals surface area contributed by atoms with Crippen LogP contribution in [0.1, 0.15) is 71.6 Å². The maximum Gasteiger partial charge on any atom is 0.00458 e. The van der Waals surface area contributed by atoms with Crippen molar-refractivity contribution in [2.24, 2.45) is 10.8 Å². The second-order valence-corrected chi connectivity index (χ2v) is 7.52. The molecule has 1 aliphatic carbocycles. The van der Waals surface area contributed by atoms with Gasteiger partial charge in [-0.25, -0.2) is 0 Å². The summed E-state index contributed by atoms with van der Waals surface area (Å²) in [7, 11) is 0. The molecule has 0 spiro atoms. The topological polar surface area (TPSA) is 3.24 Å². The highest BCUT2D eigenvalue weighted by Crippen LogP contribution is 2.41. The van der Waals surface area contributed by atoms with E-state index in [1.807, 2.05) is 0 Å². The largest absolute Gasteiger partial charge is 0.303 e. The minimum absolute atomic E-state index is 0.541. The molecular weight excluding hydrogens is 250 g/mol. The normalized spacial score (nSPS) is 27.3. The van der Waals surface area contributed by atoms with Gasteiger partial charge in [0.05, 0.1) is 0 Å². The van der Waals surface area contributed by atoms with E-state index >= 15 is 0 Å². The zero-order chi connectivity index (χ0) is 13.8. The van der Waals surface area contributed by atoms with Crippen molar-refractivity contribution < 1.29 is 0 Å². The summed E-state index contributed by atoms with van der Waals surface area (Å²) in [6, 6.07) is 0. The Morgan fingerprint density at radius 2 is 1.42 bits per heavy atom. The van der Waals surface area contributed by atoms with Crippen molar-refractivity contribution in [3.05, 3.63) is 0 Å². The van der Waals surface area contributed by atoms with Crippen molar-refractivity contribution in [1.29, 1.82) is 0 Å². The fourth-order valence-electron chi connectivity index (χ4n) is 4.28. The summed E-state index contributed by atoms with van der Waals surface area (Å²) in [5, 5.41) is 0. The highest BCUT2D eigenvalue weighted by molar-refractivity contribution is 7.80. The summed E-state index contributed by atoms with van der Waals surface area (Å²) in [5.74, 6) is 1.09. The molecule has 0 aromatic heterocycles. The van der Waals surface area contributed by atoms with Crippen molar-refractivity contribution in [2.75, 3.05) is 25.4 Å². The molecule has 1 heterocycles. The van der Waals surface area contributed by atoms with Gasteiger partial charge in [0.1, 0.15) is 0 Å². The van der Waals surface area contributed by atoms with Gasteiger partial charge in [0, 0.05) is 6.54 Å². The molecule has 1 saturated heterocycles. The Morgan fingerprint density at radius 1 is 0.842 bits per heavy atom. The summed E-state index contributed by atoms with van der Waals surface area (Å²) in [4.78, 5) is 2.76. The predicted molar refractivity (Wildman–Crippen MR) is 88.1 cm³/mol. The number of thiol groups is 1. The second-order valence-electron chi connectivity index (χ2n) is 7.20. The van der Waals surface area contributed by atoms with Gasteiger partial charge >= 0.3 is 0 Å². The van der Waals surface area contributed by atoms with E-state index < -0.39 is 0 Å². The molecular formula is C17H33NS. The number of piperidine rings is 1. The third-order valence-electron chi connectivity index (χ3n) is 6.23. The molecule has 0 bridgehead atoms. The molecule has 112 valence electrons. The van der Waals surface area contributed by atoms with Gasteiger partial charge < -0.3 is 4.90 Å². The van der Waals surface area contributed by atoms with Crippen LogP contribution in [-0.4, -0.2) is 30.3 Å². The van der Waals surface area contributed by atoms with Gasteiger partial charge in [-0.1, -0.05) is 46.0 Å². The van der Waals surface area contributed by atoms with Crippen LogP contribution >= 0.6 is 12.6 Å². The lowest BCUT2D eigenvalue weighted by molar-refractivity contribution is 0.0535. The third kappa shape index (κ3) is 3.69. The summed E-state index contributed by atoms with van der Waals surface area (Å²) < 4.78 is 0. The smallest absolute Gasteiger partial charge is 0.00458 e. The molecule has 2 rings (SSSR count). The molecule has 0 radical (unpaired) electrons. The Labute approximate surface area is 125 Å². The van der Waals surface area contributed by atoms with Crippen molar-refractivity contribution in [3.63, 3.8) is 0 Å². The van der Waals surface area contributed by atoms with Crippen LogP contribution in [0.4, 0.5) is 0 Å². The lowest BCUT2D eigenvalue weighted by Gasteiger charge is -2.46. The summed E-state index contributed by atoms with van der Waals surface area (Å²) in [5.41, 5.74) is 1.21. The Bertz CT molecular complexity index is 256. The summed E-state index contributed by atoms with van der Waals surface area (Å²) in [6.07, 6.45) is 12.7. The van der Waals surface area contributed by atoms with Crippen LogP contribution < -0.4 is 0 Å². The predicted octanol–water partition coefficient (Wildman–Crippen LogP) is 4.77. The Kier molecular flexibility index (Phi) is 5.65. The highest BCUT2D eigenvalue weighted by Gasteiger charge is 2.36. The van der Waals surface area contributed by atoms with Gasteiger partial charge in [-0.05, 0) is 55.4 Å². The van der Waals surface area contributed by atoms with Gasteiger partial charge in [-0.3, -0.25) is 0 Å². The minimum Gasteiger partial charge on any atom is -0.303 e. The standard InChI is InChI=1S/C17H33NS/c1-3-16(4-2)10-12-18(13-11-16)14-17(15-19)8-6-5-7-9-17/h19H,3-15H2,1-2H3. The third-order valence-corrected chi connectivity index (χ3v) is 6.90. The molecule has 0 aromatic carbocycles. The van der Waals surface area contributed by atoms with Crippen LogP contribution in [-0.2, 0) is 0 Å². The Hall–Kier alpha value is 0.310. The average molecular weight is 284 g/mol. The van der Waals surface area contributed by atoms with Crippen LogP contribution in [0.15, 0.2) is 0 Å². The molecule has 0 unspecified atom stereocenters. The fourth-order valence-corrected chi connectivity index (χ4v) is 4.70. The molecule has 1 saturated carbocycles. The number of rotatable bonds is 5. The van der Waals surface area contributed by atoms with E-state index in [0.717, 1.165) is 5.75 Å². The lowest BCUT2D eigenvalue weighted by atomic mass is 9.72. The maximum atomic E-state index is 4.69. The number of nitrogens with zero attached hydrogens (tertiary/aromatic N) is 1. The molecule has 0 amide bonds. The Balaban J connectivity index is 1.87. The van der Waals surface area contributed by atoms with Crippen LogP contribution in [0.5, 0.6) is 0 Å². The average Bonchev–Trinajstić information content (AvgIpc) is 2.49. The minimum atomic E-state index is 0.541. The molecule has 1 nitrogen and oxygen atoms in total. The molecule has 2 heteroatoms. The van der Waals surface area contributed by atoms with E-state index in [2.05, 4.69) is 18.7 Å². The number of hydrogen-bond donors (Lipinski definition) is 1. The molecule has 19 heavy (non-hydrogen) atoms. The quantitative estimate of drug-likeness (QED) is 0.711. The van der Waals surface area contributed by atoms with Gasteiger partial charge in [0.15, 0.2) is 0 Å². The SMILES string of the molecule is CCC1(CC)CCN(CC2(CS)CCCCC2)CC1. The van der Waals surface area contributed by atoms with E-state index in [0.29, 0.717) is 10.8 Å². The van der Waals surface area contributed by atoms with Gasteiger partial charge in [-0.15, -0.1) is 0 Å². The zero-order valence-corrected chi connectivity index (χ0v) is 14.0. The first-order chi connectivity index (χ1) is 9.17. The molecule has 1 aliphatic heterocycles. The van der Waals surface area contributed by atoms with Crippen molar-refractivity contribution in [2.45, 2.75) is 71.6 Å².